The molecule has 4 aromatic rings. The Bertz CT molecular complexity index is 1310. The summed E-state index contributed by atoms with van der Waals surface area (Å²) in [6, 6.07) is 21.6. The molecule has 0 saturated carbocycles. The van der Waals surface area contributed by atoms with Crippen molar-refractivity contribution in [2.45, 2.75) is 24.4 Å². The van der Waals surface area contributed by atoms with E-state index in [9.17, 15) is 9.18 Å². The molecule has 5 nitrogen and oxygen atoms in total. The lowest BCUT2D eigenvalue weighted by atomic mass is 10.2. The number of carbonyl (C=O) groups is 1. The quantitative estimate of drug-likeness (QED) is 0.242. The maximum atomic E-state index is 13.2. The molecule has 3 aromatic carbocycles. The highest BCUT2D eigenvalue weighted by atomic mass is 35.5. The summed E-state index contributed by atoms with van der Waals surface area (Å²) < 4.78 is 15.1. The Hall–Kier alpha value is -3.42. The van der Waals surface area contributed by atoms with E-state index < -0.39 is 0 Å². The van der Waals surface area contributed by atoms with Crippen LogP contribution in [0.15, 0.2) is 84.0 Å². The van der Waals surface area contributed by atoms with Gasteiger partial charge in [0.1, 0.15) is 5.82 Å². The van der Waals surface area contributed by atoms with E-state index in [-0.39, 0.29) is 18.3 Å². The van der Waals surface area contributed by atoms with E-state index in [0.29, 0.717) is 21.8 Å². The SMILES string of the molecule is Cc1ccc(Cl)cc1-n1c(CNC(=O)/C=C/c2ccccc2)nnc1SCc1ccc(F)cc1. The van der Waals surface area contributed by atoms with Crippen LogP contribution in [0.5, 0.6) is 0 Å². The highest BCUT2D eigenvalue weighted by molar-refractivity contribution is 7.98. The molecule has 1 N–H and O–H groups in total. The number of hydrogen-bond donors (Lipinski definition) is 1. The van der Waals surface area contributed by atoms with E-state index in [0.717, 1.165) is 22.4 Å². The Kier molecular flexibility index (Phi) is 7.77. The van der Waals surface area contributed by atoms with Gasteiger partial charge in [-0.15, -0.1) is 10.2 Å². The summed E-state index contributed by atoms with van der Waals surface area (Å²) in [5.41, 5.74) is 3.73. The number of benzene rings is 3. The number of hydrogen-bond acceptors (Lipinski definition) is 4. The lowest BCUT2D eigenvalue weighted by Crippen LogP contribution is -2.22. The van der Waals surface area contributed by atoms with Crippen LogP contribution in [-0.4, -0.2) is 20.7 Å². The number of thioether (sulfide) groups is 1. The van der Waals surface area contributed by atoms with Gasteiger partial charge in [-0.3, -0.25) is 9.36 Å². The first-order chi connectivity index (χ1) is 16.5. The molecule has 0 fully saturated rings. The van der Waals surface area contributed by atoms with Crippen LogP contribution >= 0.6 is 23.4 Å². The molecule has 1 heterocycles. The monoisotopic (exact) mass is 492 g/mol. The van der Waals surface area contributed by atoms with Crippen LogP contribution in [0.4, 0.5) is 4.39 Å². The maximum absolute atomic E-state index is 13.2. The zero-order valence-electron chi connectivity index (χ0n) is 18.4. The molecule has 4 rings (SSSR count). The number of halogens is 2. The molecule has 1 amide bonds. The standard InChI is InChI=1S/C26H22ClFN4OS/c1-18-7-11-21(27)15-23(18)32-24(16-29-25(33)14-10-19-5-3-2-4-6-19)30-31-26(32)34-17-20-8-12-22(28)13-9-20/h2-15H,16-17H2,1H3,(H,29,33)/b14-10+. The van der Waals surface area contributed by atoms with E-state index in [1.54, 1.807) is 18.2 Å². The number of aromatic nitrogens is 3. The third kappa shape index (κ3) is 6.12. The third-order valence-electron chi connectivity index (χ3n) is 5.04. The van der Waals surface area contributed by atoms with Gasteiger partial charge >= 0.3 is 0 Å². The molecule has 0 aliphatic heterocycles. The number of aryl methyl sites for hydroxylation is 1. The predicted molar refractivity (Wildman–Crippen MR) is 134 cm³/mol. The van der Waals surface area contributed by atoms with Crippen molar-refractivity contribution in [3.8, 4) is 5.69 Å². The number of carbonyl (C=O) groups excluding carboxylic acids is 1. The predicted octanol–water partition coefficient (Wildman–Crippen LogP) is 5.99. The minimum atomic E-state index is -0.272. The lowest BCUT2D eigenvalue weighted by molar-refractivity contribution is -0.116. The van der Waals surface area contributed by atoms with Crippen molar-refractivity contribution in [3.63, 3.8) is 0 Å². The molecule has 0 unspecified atom stereocenters. The van der Waals surface area contributed by atoms with Crippen molar-refractivity contribution < 1.29 is 9.18 Å². The van der Waals surface area contributed by atoms with E-state index in [4.69, 9.17) is 11.6 Å². The van der Waals surface area contributed by atoms with Crippen LogP contribution in [0.2, 0.25) is 5.02 Å². The molecular formula is C26H22ClFN4OS. The Morgan fingerprint density at radius 2 is 1.85 bits per heavy atom. The van der Waals surface area contributed by atoms with Gasteiger partial charge in [0, 0.05) is 16.9 Å². The number of rotatable bonds is 8. The van der Waals surface area contributed by atoms with Gasteiger partial charge in [0.05, 0.1) is 12.2 Å². The van der Waals surface area contributed by atoms with Gasteiger partial charge in [-0.2, -0.15) is 0 Å². The second-order valence-corrected chi connectivity index (χ2v) is 8.92. The average molecular weight is 493 g/mol. The van der Waals surface area contributed by atoms with Gasteiger partial charge in [0.15, 0.2) is 11.0 Å². The van der Waals surface area contributed by atoms with Crippen molar-refractivity contribution in [3.05, 3.63) is 112 Å². The van der Waals surface area contributed by atoms with E-state index in [1.165, 1.54) is 30.0 Å². The van der Waals surface area contributed by atoms with Gasteiger partial charge in [-0.1, -0.05) is 71.9 Å². The van der Waals surface area contributed by atoms with Gasteiger partial charge in [-0.05, 0) is 54.0 Å². The Balaban J connectivity index is 1.55. The summed E-state index contributed by atoms with van der Waals surface area (Å²) in [6.07, 6.45) is 3.25. The lowest BCUT2D eigenvalue weighted by Gasteiger charge is -2.13. The van der Waals surface area contributed by atoms with Crippen LogP contribution in [0.3, 0.4) is 0 Å². The minimum Gasteiger partial charge on any atom is -0.345 e. The largest absolute Gasteiger partial charge is 0.345 e. The van der Waals surface area contributed by atoms with E-state index >= 15 is 0 Å². The summed E-state index contributed by atoms with van der Waals surface area (Å²) in [5.74, 6) is 0.658. The van der Waals surface area contributed by atoms with Crippen molar-refractivity contribution in [1.29, 1.82) is 0 Å². The first-order valence-corrected chi connectivity index (χ1v) is 11.9. The summed E-state index contributed by atoms with van der Waals surface area (Å²) in [4.78, 5) is 12.4. The second kappa shape index (κ2) is 11.1. The third-order valence-corrected chi connectivity index (χ3v) is 6.28. The summed E-state index contributed by atoms with van der Waals surface area (Å²) in [5, 5.41) is 12.8. The maximum Gasteiger partial charge on any atom is 0.244 e. The molecule has 0 spiro atoms. The Morgan fingerprint density at radius 1 is 1.09 bits per heavy atom. The molecule has 0 saturated heterocycles. The van der Waals surface area contributed by atoms with Crippen molar-refractivity contribution in [1.82, 2.24) is 20.1 Å². The van der Waals surface area contributed by atoms with Gasteiger partial charge in [0.25, 0.3) is 0 Å². The molecule has 1 aromatic heterocycles. The van der Waals surface area contributed by atoms with Crippen molar-refractivity contribution >= 4 is 35.3 Å². The zero-order chi connectivity index (χ0) is 23.9. The smallest absolute Gasteiger partial charge is 0.244 e. The van der Waals surface area contributed by atoms with Crippen LogP contribution in [-0.2, 0) is 17.1 Å². The highest BCUT2D eigenvalue weighted by Gasteiger charge is 2.17. The van der Waals surface area contributed by atoms with Crippen molar-refractivity contribution in [2.75, 3.05) is 0 Å². The molecular weight excluding hydrogens is 471 g/mol. The van der Waals surface area contributed by atoms with Crippen molar-refractivity contribution in [2.24, 2.45) is 0 Å². The Labute approximate surface area is 206 Å². The summed E-state index contributed by atoms with van der Waals surface area (Å²) in [7, 11) is 0. The summed E-state index contributed by atoms with van der Waals surface area (Å²) in [6.45, 7) is 2.17. The molecule has 172 valence electrons. The minimum absolute atomic E-state index is 0.189. The molecule has 0 bridgehead atoms. The molecule has 0 radical (unpaired) electrons. The number of amides is 1. The van der Waals surface area contributed by atoms with Gasteiger partial charge in [-0.25, -0.2) is 4.39 Å². The van der Waals surface area contributed by atoms with E-state index in [2.05, 4.69) is 15.5 Å². The fourth-order valence-corrected chi connectivity index (χ4v) is 4.35. The summed E-state index contributed by atoms with van der Waals surface area (Å²) >= 11 is 7.75. The second-order valence-electron chi connectivity index (χ2n) is 7.54. The van der Waals surface area contributed by atoms with Gasteiger partial charge < -0.3 is 5.32 Å². The molecule has 0 aliphatic carbocycles. The van der Waals surface area contributed by atoms with Crippen LogP contribution in [0.1, 0.15) is 22.5 Å². The van der Waals surface area contributed by atoms with Crippen LogP contribution in [0, 0.1) is 12.7 Å². The highest BCUT2D eigenvalue weighted by Crippen LogP contribution is 2.28. The molecule has 8 heteroatoms. The fourth-order valence-electron chi connectivity index (χ4n) is 3.26. The average Bonchev–Trinajstić information content (AvgIpc) is 3.25. The van der Waals surface area contributed by atoms with Crippen LogP contribution in [0.25, 0.3) is 11.8 Å². The number of nitrogens with one attached hydrogen (secondary N) is 1. The fraction of sp³-hybridized carbons (Fsp3) is 0.115. The number of nitrogens with zero attached hydrogens (tertiary/aromatic N) is 3. The first kappa shape index (κ1) is 23.7. The zero-order valence-corrected chi connectivity index (χ0v) is 20.0. The van der Waals surface area contributed by atoms with Gasteiger partial charge in [0.2, 0.25) is 5.91 Å². The van der Waals surface area contributed by atoms with E-state index in [1.807, 2.05) is 60.0 Å². The topological polar surface area (TPSA) is 59.8 Å². The van der Waals surface area contributed by atoms with Crippen LogP contribution < -0.4 is 5.32 Å². The molecule has 0 aliphatic rings. The first-order valence-electron chi connectivity index (χ1n) is 10.6. The molecule has 0 atom stereocenters. The Morgan fingerprint density at radius 3 is 2.62 bits per heavy atom. The molecule has 34 heavy (non-hydrogen) atoms. The normalized spacial score (nSPS) is 11.1.